The highest BCUT2D eigenvalue weighted by atomic mass is 16.6. The van der Waals surface area contributed by atoms with E-state index < -0.39 is 0 Å². The van der Waals surface area contributed by atoms with Gasteiger partial charge < -0.3 is 19.4 Å². The van der Waals surface area contributed by atoms with Crippen LogP contribution < -0.4 is 4.90 Å². The van der Waals surface area contributed by atoms with Crippen LogP contribution in [0.3, 0.4) is 0 Å². The molecule has 0 aromatic carbocycles. The predicted octanol–water partition coefficient (Wildman–Crippen LogP) is 2.86. The summed E-state index contributed by atoms with van der Waals surface area (Å²) in [6, 6.07) is 6.67. The summed E-state index contributed by atoms with van der Waals surface area (Å²) in [6.07, 6.45) is 6.97. The number of amides is 2. The molecular formula is C27H34N6O3. The second-order valence-electron chi connectivity index (χ2n) is 10.7. The van der Waals surface area contributed by atoms with Crippen LogP contribution in [0, 0.1) is 5.41 Å². The fourth-order valence-corrected chi connectivity index (χ4v) is 6.53. The van der Waals surface area contributed by atoms with E-state index in [4.69, 9.17) is 9.72 Å². The minimum absolute atomic E-state index is 0.0378. The van der Waals surface area contributed by atoms with Crippen LogP contribution in [0.5, 0.6) is 0 Å². The molecular weight excluding hydrogens is 456 g/mol. The fraction of sp³-hybridized carbons (Fsp3) is 0.556. The number of carbonyl (C=O) groups excluding carboxylic acids is 2. The Hall–Kier alpha value is -3.20. The summed E-state index contributed by atoms with van der Waals surface area (Å²) in [4.78, 5) is 42.2. The lowest BCUT2D eigenvalue weighted by Gasteiger charge is -2.48. The van der Waals surface area contributed by atoms with Gasteiger partial charge in [-0.2, -0.15) is 0 Å². The van der Waals surface area contributed by atoms with Crippen LogP contribution in [0.2, 0.25) is 0 Å². The molecule has 3 fully saturated rings. The topological polar surface area (TPSA) is 82.1 Å². The number of nitrogens with zero attached hydrogens (tertiary/aromatic N) is 6. The minimum Gasteiger partial charge on any atom is -0.450 e. The summed E-state index contributed by atoms with van der Waals surface area (Å²) in [6.45, 7) is 8.47. The zero-order chi connectivity index (χ0) is 24.9. The van der Waals surface area contributed by atoms with Crippen molar-refractivity contribution in [1.29, 1.82) is 0 Å². The van der Waals surface area contributed by atoms with Gasteiger partial charge in [-0.3, -0.25) is 14.7 Å². The highest BCUT2D eigenvalue weighted by Crippen LogP contribution is 2.47. The number of piperazine rings is 1. The normalized spacial score (nSPS) is 23.2. The molecule has 2 aromatic heterocycles. The van der Waals surface area contributed by atoms with Gasteiger partial charge in [-0.05, 0) is 49.9 Å². The third kappa shape index (κ3) is 3.99. The average Bonchev–Trinajstić information content (AvgIpc) is 3.45. The number of likely N-dealkylation sites (tertiary alicyclic amines) is 1. The fourth-order valence-electron chi connectivity index (χ4n) is 6.53. The van der Waals surface area contributed by atoms with Crippen LogP contribution in [-0.4, -0.2) is 95.6 Å². The third-order valence-electron chi connectivity index (χ3n) is 8.42. The van der Waals surface area contributed by atoms with Crippen LogP contribution >= 0.6 is 0 Å². The van der Waals surface area contributed by atoms with E-state index >= 15 is 0 Å². The maximum Gasteiger partial charge on any atom is 0.409 e. The van der Waals surface area contributed by atoms with Gasteiger partial charge >= 0.3 is 6.09 Å². The molecule has 2 aromatic rings. The third-order valence-corrected chi connectivity index (χ3v) is 8.42. The van der Waals surface area contributed by atoms with Gasteiger partial charge in [-0.25, -0.2) is 9.78 Å². The molecule has 9 nitrogen and oxygen atoms in total. The number of aromatic nitrogens is 2. The molecule has 1 spiro atoms. The molecule has 0 N–H and O–H groups in total. The van der Waals surface area contributed by atoms with Gasteiger partial charge in [0.15, 0.2) is 0 Å². The maximum atomic E-state index is 12.3. The Morgan fingerprint density at radius 1 is 1.17 bits per heavy atom. The van der Waals surface area contributed by atoms with E-state index in [1.807, 2.05) is 37.2 Å². The van der Waals surface area contributed by atoms with E-state index in [0.29, 0.717) is 24.8 Å². The molecule has 2 amide bonds. The van der Waals surface area contributed by atoms with Crippen molar-refractivity contribution in [3.8, 4) is 11.3 Å². The summed E-state index contributed by atoms with van der Waals surface area (Å²) in [7, 11) is 1.82. The monoisotopic (exact) mass is 490 g/mol. The molecule has 36 heavy (non-hydrogen) atoms. The lowest BCUT2D eigenvalue weighted by atomic mass is 9.78. The Morgan fingerprint density at radius 3 is 2.75 bits per heavy atom. The Balaban J connectivity index is 1.09. The van der Waals surface area contributed by atoms with Crippen molar-refractivity contribution in [3.63, 3.8) is 0 Å². The molecule has 2 saturated heterocycles. The zero-order valence-electron chi connectivity index (χ0n) is 21.2. The first kappa shape index (κ1) is 23.2. The van der Waals surface area contributed by atoms with Crippen molar-refractivity contribution in [1.82, 2.24) is 24.7 Å². The van der Waals surface area contributed by atoms with E-state index in [0.717, 1.165) is 61.9 Å². The van der Waals surface area contributed by atoms with Gasteiger partial charge in [0, 0.05) is 82.3 Å². The van der Waals surface area contributed by atoms with Gasteiger partial charge in [0.2, 0.25) is 0 Å². The molecule has 1 saturated carbocycles. The minimum atomic E-state index is -0.164. The van der Waals surface area contributed by atoms with E-state index in [9.17, 15) is 9.59 Å². The van der Waals surface area contributed by atoms with E-state index in [1.54, 1.807) is 11.1 Å². The van der Waals surface area contributed by atoms with Crippen LogP contribution in [-0.2, 0) is 11.3 Å². The molecule has 0 unspecified atom stereocenters. The molecule has 0 radical (unpaired) electrons. The van der Waals surface area contributed by atoms with Crippen LogP contribution in [0.15, 0.2) is 30.6 Å². The molecule has 0 bridgehead atoms. The Kier molecular flexibility index (Phi) is 5.82. The first-order valence-electron chi connectivity index (χ1n) is 13.1. The van der Waals surface area contributed by atoms with Crippen LogP contribution in [0.1, 0.15) is 42.1 Å². The first-order valence-corrected chi connectivity index (χ1v) is 13.1. The Bertz CT molecular complexity index is 1170. The van der Waals surface area contributed by atoms with Gasteiger partial charge in [-0.1, -0.05) is 0 Å². The molecule has 190 valence electrons. The van der Waals surface area contributed by atoms with Crippen molar-refractivity contribution in [2.45, 2.75) is 38.8 Å². The highest BCUT2D eigenvalue weighted by molar-refractivity contribution is 5.98. The van der Waals surface area contributed by atoms with Crippen LogP contribution in [0.4, 0.5) is 10.6 Å². The summed E-state index contributed by atoms with van der Waals surface area (Å²) < 4.78 is 5.16. The summed E-state index contributed by atoms with van der Waals surface area (Å²) in [5.74, 6) is 1.00. The smallest absolute Gasteiger partial charge is 0.409 e. The van der Waals surface area contributed by atoms with E-state index in [2.05, 4.69) is 20.9 Å². The van der Waals surface area contributed by atoms with Crippen molar-refractivity contribution in [2.24, 2.45) is 5.41 Å². The number of hydrogen-bond acceptors (Lipinski definition) is 7. The SMILES string of the molecule is CCOC(=O)N1CC2(CC[C@@H](N3CCN(c4ncccc4-c4cc5c(cn4)C(=O)N(C)C5)CC3)C2)C1. The number of pyridine rings is 2. The summed E-state index contributed by atoms with van der Waals surface area (Å²) in [5, 5.41) is 0. The molecule has 1 aliphatic carbocycles. The lowest BCUT2D eigenvalue weighted by Crippen LogP contribution is -2.58. The van der Waals surface area contributed by atoms with Crippen molar-refractivity contribution in [2.75, 3.05) is 57.8 Å². The number of rotatable bonds is 4. The van der Waals surface area contributed by atoms with Crippen molar-refractivity contribution in [3.05, 3.63) is 41.7 Å². The van der Waals surface area contributed by atoms with E-state index in [-0.39, 0.29) is 17.4 Å². The molecule has 4 aliphatic rings. The standard InChI is InChI=1S/C27H34N6O3/c1-3-36-26(35)33-17-27(18-33)7-6-20(14-27)31-9-11-32(12-10-31)24-21(5-4-8-28-24)23-13-19-16-30(2)25(34)22(19)15-29-23/h4-5,8,13,15,20H,3,6-7,9-12,14,16-18H2,1-2H3/t20-/m1/s1. The molecule has 3 aliphatic heterocycles. The number of hydrogen-bond donors (Lipinski definition) is 0. The predicted molar refractivity (Wildman–Crippen MR) is 136 cm³/mol. The van der Waals surface area contributed by atoms with Gasteiger partial charge in [0.25, 0.3) is 5.91 Å². The number of carbonyl (C=O) groups is 2. The lowest BCUT2D eigenvalue weighted by molar-refractivity contribution is -0.00294. The van der Waals surface area contributed by atoms with Gasteiger partial charge in [-0.15, -0.1) is 0 Å². The Morgan fingerprint density at radius 2 is 1.97 bits per heavy atom. The van der Waals surface area contributed by atoms with Crippen molar-refractivity contribution < 1.29 is 14.3 Å². The van der Waals surface area contributed by atoms with Crippen molar-refractivity contribution >= 4 is 17.8 Å². The number of ether oxygens (including phenoxy) is 1. The summed E-state index contributed by atoms with van der Waals surface area (Å²) in [5.41, 5.74) is 3.91. The second-order valence-corrected chi connectivity index (χ2v) is 10.7. The highest BCUT2D eigenvalue weighted by Gasteiger charge is 2.51. The number of fused-ring (bicyclic) bond motifs is 1. The molecule has 5 heterocycles. The maximum absolute atomic E-state index is 12.3. The molecule has 6 rings (SSSR count). The Labute approximate surface area is 212 Å². The molecule has 1 atom stereocenters. The zero-order valence-corrected chi connectivity index (χ0v) is 21.2. The average molecular weight is 491 g/mol. The summed E-state index contributed by atoms with van der Waals surface area (Å²) >= 11 is 0. The number of anilines is 1. The second kappa shape index (κ2) is 9.03. The van der Waals surface area contributed by atoms with E-state index in [1.165, 1.54) is 19.3 Å². The first-order chi connectivity index (χ1) is 17.5. The molecule has 9 heteroatoms. The van der Waals surface area contributed by atoms with Gasteiger partial charge in [0.05, 0.1) is 17.9 Å². The quantitative estimate of drug-likeness (QED) is 0.652. The van der Waals surface area contributed by atoms with Crippen LogP contribution in [0.25, 0.3) is 11.3 Å². The van der Waals surface area contributed by atoms with Gasteiger partial charge in [0.1, 0.15) is 5.82 Å². The largest absolute Gasteiger partial charge is 0.450 e.